The maximum absolute atomic E-state index is 11.3. The second kappa shape index (κ2) is 6.61. The zero-order valence-corrected chi connectivity index (χ0v) is 11.2. The highest BCUT2D eigenvalue weighted by Crippen LogP contribution is 2.17. The summed E-state index contributed by atoms with van der Waals surface area (Å²) in [7, 11) is 1.58. The van der Waals surface area contributed by atoms with Gasteiger partial charge in [0.2, 0.25) is 0 Å². The van der Waals surface area contributed by atoms with Crippen LogP contribution in [0, 0.1) is 0 Å². The van der Waals surface area contributed by atoms with Gasteiger partial charge in [-0.2, -0.15) is 0 Å². The van der Waals surface area contributed by atoms with Crippen molar-refractivity contribution in [2.75, 3.05) is 7.11 Å². The molecule has 4 nitrogen and oxygen atoms in total. The molecule has 104 valence electrons. The second-order valence-electron chi connectivity index (χ2n) is 4.31. The van der Waals surface area contributed by atoms with E-state index in [0.717, 1.165) is 5.56 Å². The predicted octanol–water partition coefficient (Wildman–Crippen LogP) is 2.77. The van der Waals surface area contributed by atoms with Gasteiger partial charge in [-0.25, -0.2) is 4.79 Å². The number of methoxy groups -OCH3 is 1. The van der Waals surface area contributed by atoms with Gasteiger partial charge in [-0.15, -0.1) is 0 Å². The summed E-state index contributed by atoms with van der Waals surface area (Å²) in [5, 5.41) is 9.27. The molecule has 0 radical (unpaired) electrons. The highest BCUT2D eigenvalue weighted by atomic mass is 16.5. The maximum atomic E-state index is 11.3. The van der Waals surface area contributed by atoms with Crippen LogP contribution < -0.4 is 9.47 Å². The Morgan fingerprint density at radius 2 is 1.80 bits per heavy atom. The number of hydrogen-bond donors (Lipinski definition) is 1. The van der Waals surface area contributed by atoms with Crippen LogP contribution in [0.3, 0.4) is 0 Å². The Balaban J connectivity index is 2.11. The highest BCUT2D eigenvalue weighted by Gasteiger charge is 2.20. The van der Waals surface area contributed by atoms with E-state index in [2.05, 4.69) is 0 Å². The molecule has 0 heterocycles. The lowest BCUT2D eigenvalue weighted by Crippen LogP contribution is -2.29. The van der Waals surface area contributed by atoms with Crippen molar-refractivity contribution in [3.8, 4) is 11.5 Å². The van der Waals surface area contributed by atoms with E-state index in [1.807, 2.05) is 30.3 Å². The summed E-state index contributed by atoms with van der Waals surface area (Å²) in [5.41, 5.74) is 0.854. The number of para-hydroxylation sites is 1. The summed E-state index contributed by atoms with van der Waals surface area (Å²) in [6.45, 7) is 0. The summed E-state index contributed by atoms with van der Waals surface area (Å²) in [5.74, 6) is 0.255. The number of benzene rings is 2. The molecule has 0 saturated heterocycles. The van der Waals surface area contributed by atoms with E-state index < -0.39 is 12.1 Å². The standard InChI is InChI=1S/C16H16O4/c1-19-14-9-5-6-12(10-14)11-15(16(17)18)20-13-7-3-2-4-8-13/h2-10,15H,11H2,1H3,(H,17,18). The van der Waals surface area contributed by atoms with E-state index in [1.165, 1.54) is 0 Å². The van der Waals surface area contributed by atoms with Gasteiger partial charge in [-0.1, -0.05) is 30.3 Å². The van der Waals surface area contributed by atoms with Crippen molar-refractivity contribution in [3.63, 3.8) is 0 Å². The number of hydrogen-bond acceptors (Lipinski definition) is 3. The molecule has 0 spiro atoms. The second-order valence-corrected chi connectivity index (χ2v) is 4.31. The molecule has 2 aromatic rings. The molecule has 0 saturated carbocycles. The van der Waals surface area contributed by atoms with Gasteiger partial charge < -0.3 is 14.6 Å². The minimum Gasteiger partial charge on any atom is -0.497 e. The van der Waals surface area contributed by atoms with Crippen LogP contribution in [-0.2, 0) is 11.2 Å². The van der Waals surface area contributed by atoms with Gasteiger partial charge in [-0.3, -0.25) is 0 Å². The maximum Gasteiger partial charge on any atom is 0.345 e. The van der Waals surface area contributed by atoms with Crippen LogP contribution >= 0.6 is 0 Å². The normalized spacial score (nSPS) is 11.7. The lowest BCUT2D eigenvalue weighted by molar-refractivity contribution is -0.145. The van der Waals surface area contributed by atoms with Crippen molar-refractivity contribution < 1.29 is 19.4 Å². The number of carboxylic acids is 1. The van der Waals surface area contributed by atoms with Crippen molar-refractivity contribution >= 4 is 5.97 Å². The van der Waals surface area contributed by atoms with E-state index in [-0.39, 0.29) is 6.42 Å². The summed E-state index contributed by atoms with van der Waals surface area (Å²) in [4.78, 5) is 11.3. The van der Waals surface area contributed by atoms with Gasteiger partial charge in [0, 0.05) is 6.42 Å². The fourth-order valence-electron chi connectivity index (χ4n) is 1.86. The molecule has 0 fully saturated rings. The Hall–Kier alpha value is -2.49. The van der Waals surface area contributed by atoms with Crippen LogP contribution in [0.1, 0.15) is 5.56 Å². The van der Waals surface area contributed by atoms with Crippen LogP contribution in [0.2, 0.25) is 0 Å². The molecule has 0 bridgehead atoms. The third kappa shape index (κ3) is 3.75. The SMILES string of the molecule is COc1cccc(CC(Oc2ccccc2)C(=O)O)c1. The molecule has 20 heavy (non-hydrogen) atoms. The Morgan fingerprint density at radius 3 is 2.45 bits per heavy atom. The first-order valence-corrected chi connectivity index (χ1v) is 6.26. The summed E-state index contributed by atoms with van der Waals surface area (Å²) >= 11 is 0. The molecule has 0 aliphatic rings. The Kier molecular flexibility index (Phi) is 4.60. The van der Waals surface area contributed by atoms with Gasteiger partial charge in [0.1, 0.15) is 11.5 Å². The first-order chi connectivity index (χ1) is 9.69. The van der Waals surface area contributed by atoms with E-state index in [0.29, 0.717) is 11.5 Å². The molecule has 4 heteroatoms. The first-order valence-electron chi connectivity index (χ1n) is 6.26. The van der Waals surface area contributed by atoms with Gasteiger partial charge in [0.05, 0.1) is 7.11 Å². The van der Waals surface area contributed by atoms with E-state index in [9.17, 15) is 9.90 Å². The quantitative estimate of drug-likeness (QED) is 0.878. The Bertz CT molecular complexity index is 566. The molecule has 1 unspecified atom stereocenters. The third-order valence-corrected chi connectivity index (χ3v) is 2.85. The first kappa shape index (κ1) is 13.9. The fourth-order valence-corrected chi connectivity index (χ4v) is 1.86. The van der Waals surface area contributed by atoms with Crippen molar-refractivity contribution in [2.24, 2.45) is 0 Å². The van der Waals surface area contributed by atoms with E-state index in [4.69, 9.17) is 9.47 Å². The topological polar surface area (TPSA) is 55.8 Å². The van der Waals surface area contributed by atoms with Crippen LogP contribution in [0.4, 0.5) is 0 Å². The average molecular weight is 272 g/mol. The molecule has 0 aromatic heterocycles. The molecular formula is C16H16O4. The van der Waals surface area contributed by atoms with Crippen LogP contribution in [0.25, 0.3) is 0 Å². The van der Waals surface area contributed by atoms with Crippen molar-refractivity contribution in [1.29, 1.82) is 0 Å². The smallest absolute Gasteiger partial charge is 0.345 e. The summed E-state index contributed by atoms with van der Waals surface area (Å²) in [6, 6.07) is 16.2. The van der Waals surface area contributed by atoms with Gasteiger partial charge >= 0.3 is 5.97 Å². The monoisotopic (exact) mass is 272 g/mol. The highest BCUT2D eigenvalue weighted by molar-refractivity contribution is 5.73. The van der Waals surface area contributed by atoms with E-state index >= 15 is 0 Å². The zero-order valence-electron chi connectivity index (χ0n) is 11.2. The fraction of sp³-hybridized carbons (Fsp3) is 0.188. The van der Waals surface area contributed by atoms with Gasteiger partial charge in [0.15, 0.2) is 6.10 Å². The van der Waals surface area contributed by atoms with Crippen molar-refractivity contribution in [3.05, 3.63) is 60.2 Å². The zero-order chi connectivity index (χ0) is 14.4. The Labute approximate surface area is 117 Å². The average Bonchev–Trinajstić information content (AvgIpc) is 2.48. The largest absolute Gasteiger partial charge is 0.497 e. The van der Waals surface area contributed by atoms with Crippen molar-refractivity contribution in [2.45, 2.75) is 12.5 Å². The van der Waals surface area contributed by atoms with E-state index in [1.54, 1.807) is 31.4 Å². The minimum atomic E-state index is -0.989. The number of rotatable bonds is 6. The number of carbonyl (C=O) groups is 1. The molecule has 0 amide bonds. The Morgan fingerprint density at radius 1 is 1.10 bits per heavy atom. The van der Waals surface area contributed by atoms with Gasteiger partial charge in [0.25, 0.3) is 0 Å². The summed E-state index contributed by atoms with van der Waals surface area (Å²) in [6.07, 6.45) is -0.647. The number of ether oxygens (including phenoxy) is 2. The minimum absolute atomic E-state index is 0.279. The molecule has 0 aliphatic carbocycles. The third-order valence-electron chi connectivity index (χ3n) is 2.85. The number of aliphatic carboxylic acids is 1. The predicted molar refractivity (Wildman–Crippen MR) is 75.2 cm³/mol. The molecule has 1 N–H and O–H groups in total. The molecule has 0 aliphatic heterocycles. The van der Waals surface area contributed by atoms with Crippen molar-refractivity contribution in [1.82, 2.24) is 0 Å². The molecule has 2 aromatic carbocycles. The summed E-state index contributed by atoms with van der Waals surface area (Å²) < 4.78 is 10.6. The molecular weight excluding hydrogens is 256 g/mol. The lowest BCUT2D eigenvalue weighted by atomic mass is 10.1. The molecule has 2 rings (SSSR count). The van der Waals surface area contributed by atoms with Crippen LogP contribution in [0.5, 0.6) is 11.5 Å². The lowest BCUT2D eigenvalue weighted by Gasteiger charge is -2.15. The number of carboxylic acid groups (broad SMARTS) is 1. The van der Waals surface area contributed by atoms with Crippen LogP contribution in [0.15, 0.2) is 54.6 Å². The van der Waals surface area contributed by atoms with Crippen LogP contribution in [-0.4, -0.2) is 24.3 Å². The van der Waals surface area contributed by atoms with Gasteiger partial charge in [-0.05, 0) is 29.8 Å². The molecule has 1 atom stereocenters.